The Hall–Kier alpha value is -2.18. The van der Waals surface area contributed by atoms with Gasteiger partial charge in [0.2, 0.25) is 0 Å². The zero-order chi connectivity index (χ0) is 16.5. The Morgan fingerprint density at radius 1 is 1.22 bits per heavy atom. The zero-order valence-corrected chi connectivity index (χ0v) is 13.7. The van der Waals surface area contributed by atoms with Crippen LogP contribution in [0.2, 0.25) is 0 Å². The van der Waals surface area contributed by atoms with Gasteiger partial charge < -0.3 is 18.8 Å². The molecule has 2 rings (SSSR count). The van der Waals surface area contributed by atoms with Gasteiger partial charge >= 0.3 is 0 Å². The summed E-state index contributed by atoms with van der Waals surface area (Å²) in [7, 11) is 1.51. The van der Waals surface area contributed by atoms with E-state index in [1.165, 1.54) is 7.11 Å². The van der Waals surface area contributed by atoms with E-state index in [9.17, 15) is 0 Å². The fourth-order valence-electron chi connectivity index (χ4n) is 2.12. The fourth-order valence-corrected chi connectivity index (χ4v) is 2.12. The Bertz CT molecular complexity index is 637. The molecule has 0 N–H and O–H groups in total. The number of aromatic nitrogens is 1. The van der Waals surface area contributed by atoms with Crippen LogP contribution in [0.15, 0.2) is 40.0 Å². The lowest BCUT2D eigenvalue weighted by molar-refractivity contribution is 0.0452. The van der Waals surface area contributed by atoms with Crippen molar-refractivity contribution in [1.29, 1.82) is 0 Å². The summed E-state index contributed by atoms with van der Waals surface area (Å²) in [5.74, 6) is 0.717. The average molecular weight is 318 g/mol. The molecule has 0 unspecified atom stereocenters. The van der Waals surface area contributed by atoms with E-state index in [0.29, 0.717) is 43.6 Å². The Morgan fingerprint density at radius 2 is 2.00 bits per heavy atom. The van der Waals surface area contributed by atoms with E-state index in [1.54, 1.807) is 0 Å². The minimum atomic E-state index is 0.461. The number of hydrogen-bond donors (Lipinski definition) is 0. The van der Waals surface area contributed by atoms with Crippen LogP contribution in [0.4, 0.5) is 0 Å². The second-order valence-electron chi connectivity index (χ2n) is 4.85. The maximum atomic E-state index is 5.67. The third kappa shape index (κ3) is 4.91. The summed E-state index contributed by atoms with van der Waals surface area (Å²) in [6.07, 6.45) is 0. The van der Waals surface area contributed by atoms with Crippen molar-refractivity contribution in [3.05, 3.63) is 52.9 Å². The van der Waals surface area contributed by atoms with Gasteiger partial charge in [-0.2, -0.15) is 0 Å². The SMILES string of the molecule is CCOCCOCc1ccccc1C(=NOC)c1cc(C)on1. The first-order chi connectivity index (χ1) is 11.3. The smallest absolute Gasteiger partial charge is 0.139 e. The Labute approximate surface area is 136 Å². The summed E-state index contributed by atoms with van der Waals surface area (Å²) >= 11 is 0. The van der Waals surface area contributed by atoms with E-state index < -0.39 is 0 Å². The van der Waals surface area contributed by atoms with E-state index in [-0.39, 0.29) is 0 Å². The third-order valence-corrected chi connectivity index (χ3v) is 3.16. The molecule has 23 heavy (non-hydrogen) atoms. The van der Waals surface area contributed by atoms with Crippen molar-refractivity contribution in [3.8, 4) is 0 Å². The minimum Gasteiger partial charge on any atom is -0.399 e. The first kappa shape index (κ1) is 17.2. The van der Waals surface area contributed by atoms with Gasteiger partial charge in [0.05, 0.1) is 19.8 Å². The van der Waals surface area contributed by atoms with Crippen LogP contribution in [0.5, 0.6) is 0 Å². The molecule has 0 fully saturated rings. The van der Waals surface area contributed by atoms with Gasteiger partial charge in [0.15, 0.2) is 0 Å². The molecule has 6 nitrogen and oxygen atoms in total. The lowest BCUT2D eigenvalue weighted by Gasteiger charge is -2.10. The highest BCUT2D eigenvalue weighted by molar-refractivity contribution is 6.12. The summed E-state index contributed by atoms with van der Waals surface area (Å²) in [6.45, 7) is 6.08. The molecule has 0 radical (unpaired) electrons. The Balaban J connectivity index is 2.18. The lowest BCUT2D eigenvalue weighted by Crippen LogP contribution is -2.10. The van der Waals surface area contributed by atoms with E-state index in [0.717, 1.165) is 11.1 Å². The quantitative estimate of drug-likeness (QED) is 0.404. The molecule has 2 aromatic rings. The van der Waals surface area contributed by atoms with Crippen molar-refractivity contribution in [2.24, 2.45) is 5.16 Å². The van der Waals surface area contributed by atoms with E-state index >= 15 is 0 Å². The molecular formula is C17H22N2O4. The molecule has 6 heteroatoms. The van der Waals surface area contributed by atoms with Crippen LogP contribution in [0.25, 0.3) is 0 Å². The van der Waals surface area contributed by atoms with Crippen molar-refractivity contribution in [2.75, 3.05) is 26.9 Å². The van der Waals surface area contributed by atoms with Crippen molar-refractivity contribution in [1.82, 2.24) is 5.16 Å². The number of nitrogens with zero attached hydrogens (tertiary/aromatic N) is 2. The average Bonchev–Trinajstić information content (AvgIpc) is 2.99. The molecule has 1 heterocycles. The number of oxime groups is 1. The van der Waals surface area contributed by atoms with Crippen LogP contribution in [-0.4, -0.2) is 37.8 Å². The highest BCUT2D eigenvalue weighted by Crippen LogP contribution is 2.17. The number of ether oxygens (including phenoxy) is 2. The molecule has 0 aliphatic heterocycles. The van der Waals surface area contributed by atoms with Gasteiger partial charge in [0.25, 0.3) is 0 Å². The summed E-state index contributed by atoms with van der Waals surface area (Å²) < 4.78 is 16.1. The van der Waals surface area contributed by atoms with E-state index in [4.69, 9.17) is 18.8 Å². The van der Waals surface area contributed by atoms with Gasteiger partial charge in [0.1, 0.15) is 24.3 Å². The molecule has 124 valence electrons. The first-order valence-electron chi connectivity index (χ1n) is 7.54. The first-order valence-corrected chi connectivity index (χ1v) is 7.54. The van der Waals surface area contributed by atoms with Crippen molar-refractivity contribution < 1.29 is 18.8 Å². The van der Waals surface area contributed by atoms with E-state index in [2.05, 4.69) is 10.3 Å². The fraction of sp³-hybridized carbons (Fsp3) is 0.412. The minimum absolute atomic E-state index is 0.461. The maximum Gasteiger partial charge on any atom is 0.139 e. The normalized spacial score (nSPS) is 11.7. The topological polar surface area (TPSA) is 66.1 Å². The highest BCUT2D eigenvalue weighted by Gasteiger charge is 2.16. The van der Waals surface area contributed by atoms with Gasteiger partial charge in [-0.1, -0.05) is 34.6 Å². The molecule has 0 saturated heterocycles. The highest BCUT2D eigenvalue weighted by atomic mass is 16.6. The second kappa shape index (κ2) is 9.07. The number of rotatable bonds is 9. The molecule has 1 aromatic carbocycles. The van der Waals surface area contributed by atoms with Crippen molar-refractivity contribution >= 4 is 5.71 Å². The molecule has 0 atom stereocenters. The lowest BCUT2D eigenvalue weighted by atomic mass is 10.0. The molecule has 0 bridgehead atoms. The predicted octanol–water partition coefficient (Wildman–Crippen LogP) is 2.93. The standard InChI is InChI=1S/C17H22N2O4/c1-4-21-9-10-22-12-14-7-5-6-8-15(14)17(19-20-3)16-11-13(2)23-18-16/h5-8,11H,4,9-10,12H2,1-3H3. The van der Waals surface area contributed by atoms with Gasteiger partial charge in [0, 0.05) is 18.2 Å². The number of hydrogen-bond acceptors (Lipinski definition) is 6. The van der Waals surface area contributed by atoms with Gasteiger partial charge in [-0.25, -0.2) is 0 Å². The molecule has 0 saturated carbocycles. The largest absolute Gasteiger partial charge is 0.399 e. The molecule has 0 aliphatic carbocycles. The van der Waals surface area contributed by atoms with Crippen LogP contribution in [0.3, 0.4) is 0 Å². The van der Waals surface area contributed by atoms with Crippen molar-refractivity contribution in [3.63, 3.8) is 0 Å². The van der Waals surface area contributed by atoms with Gasteiger partial charge in [-0.3, -0.25) is 0 Å². The summed E-state index contributed by atoms with van der Waals surface area (Å²) in [4.78, 5) is 4.98. The van der Waals surface area contributed by atoms with Gasteiger partial charge in [-0.15, -0.1) is 0 Å². The molecule has 0 aliphatic rings. The monoisotopic (exact) mass is 318 g/mol. The van der Waals surface area contributed by atoms with Crippen LogP contribution >= 0.6 is 0 Å². The molecule has 1 aromatic heterocycles. The van der Waals surface area contributed by atoms with Crippen LogP contribution in [0, 0.1) is 6.92 Å². The second-order valence-corrected chi connectivity index (χ2v) is 4.85. The number of benzene rings is 1. The maximum absolute atomic E-state index is 5.67. The molecular weight excluding hydrogens is 296 g/mol. The summed E-state index contributed by atoms with van der Waals surface area (Å²) in [5, 5.41) is 8.14. The predicted molar refractivity (Wildman–Crippen MR) is 86.5 cm³/mol. The van der Waals surface area contributed by atoms with Crippen LogP contribution in [-0.2, 0) is 20.9 Å². The molecule has 0 spiro atoms. The van der Waals surface area contributed by atoms with Crippen molar-refractivity contribution in [2.45, 2.75) is 20.5 Å². The third-order valence-electron chi connectivity index (χ3n) is 3.16. The van der Waals surface area contributed by atoms with Gasteiger partial charge in [-0.05, 0) is 19.4 Å². The van der Waals surface area contributed by atoms with E-state index in [1.807, 2.05) is 44.2 Å². The summed E-state index contributed by atoms with van der Waals surface area (Å²) in [5.41, 5.74) is 3.15. The molecule has 0 amide bonds. The van der Waals surface area contributed by atoms with Crippen LogP contribution in [0.1, 0.15) is 29.5 Å². The Morgan fingerprint density at radius 3 is 2.70 bits per heavy atom. The Kier molecular flexibility index (Phi) is 6.77. The zero-order valence-electron chi connectivity index (χ0n) is 13.7. The number of aryl methyl sites for hydroxylation is 1. The summed E-state index contributed by atoms with van der Waals surface area (Å²) in [6, 6.07) is 9.68. The van der Waals surface area contributed by atoms with Crippen LogP contribution < -0.4 is 0 Å².